The second kappa shape index (κ2) is 4.81. The second-order valence-electron chi connectivity index (χ2n) is 2.79. The van der Waals surface area contributed by atoms with E-state index in [1.54, 1.807) is 6.92 Å². The van der Waals surface area contributed by atoms with Crippen molar-refractivity contribution in [3.05, 3.63) is 11.6 Å². The molecule has 1 rings (SSSR count). The minimum Gasteiger partial charge on any atom is -0.460 e. The summed E-state index contributed by atoms with van der Waals surface area (Å²) in [6.45, 7) is 2.68. The van der Waals surface area contributed by atoms with Crippen LogP contribution < -0.4 is 0 Å². The number of halogens is 2. The van der Waals surface area contributed by atoms with Gasteiger partial charge < -0.3 is 4.74 Å². The van der Waals surface area contributed by atoms with Gasteiger partial charge in [0.2, 0.25) is 5.82 Å². The van der Waals surface area contributed by atoms with Crippen molar-refractivity contribution in [2.75, 3.05) is 6.61 Å². The van der Waals surface area contributed by atoms with Gasteiger partial charge in [0, 0.05) is 0 Å². The average Bonchev–Trinajstić information content (AvgIpc) is 2.48. The van der Waals surface area contributed by atoms with E-state index in [0.29, 0.717) is 0 Å². The highest BCUT2D eigenvalue weighted by molar-refractivity contribution is 5.85. The zero-order chi connectivity index (χ0) is 11.4. The Kier molecular flexibility index (Phi) is 3.70. The second-order valence-corrected chi connectivity index (χ2v) is 2.79. The molecule has 0 spiro atoms. The summed E-state index contributed by atoms with van der Waals surface area (Å²) in [6.07, 6.45) is -2.56. The van der Waals surface area contributed by atoms with E-state index in [-0.39, 0.29) is 18.3 Å². The van der Waals surface area contributed by atoms with E-state index in [9.17, 15) is 13.6 Å². The number of aromatic nitrogens is 3. The molecule has 0 saturated carbocycles. The summed E-state index contributed by atoms with van der Waals surface area (Å²) in [5.41, 5.74) is 0. The van der Waals surface area contributed by atoms with Crippen LogP contribution >= 0.6 is 0 Å². The van der Waals surface area contributed by atoms with Gasteiger partial charge in [0.1, 0.15) is 5.82 Å². The maximum Gasteiger partial charge on any atom is 0.376 e. The Labute approximate surface area is 85.1 Å². The summed E-state index contributed by atoms with van der Waals surface area (Å²) in [5, 5.41) is 7.04. The van der Waals surface area contributed by atoms with Crippen molar-refractivity contribution in [1.29, 1.82) is 0 Å². The molecule has 1 aromatic heterocycles. The molecule has 0 saturated heterocycles. The predicted octanol–water partition coefficient (Wildman–Crippen LogP) is 1.03. The SMILES string of the molecule is CCOC(=O)c1nnc(C)n1CC(F)F. The number of hydrogen-bond donors (Lipinski definition) is 0. The first-order valence-corrected chi connectivity index (χ1v) is 4.41. The van der Waals surface area contributed by atoms with Crippen LogP contribution in [0.25, 0.3) is 0 Å². The van der Waals surface area contributed by atoms with Crippen molar-refractivity contribution >= 4 is 5.97 Å². The normalized spacial score (nSPS) is 10.7. The summed E-state index contributed by atoms with van der Waals surface area (Å²) < 4.78 is 30.1. The van der Waals surface area contributed by atoms with Gasteiger partial charge in [-0.25, -0.2) is 13.6 Å². The lowest BCUT2D eigenvalue weighted by Crippen LogP contribution is -2.17. The van der Waals surface area contributed by atoms with Gasteiger partial charge in [-0.15, -0.1) is 10.2 Å². The van der Waals surface area contributed by atoms with Gasteiger partial charge in [0.15, 0.2) is 0 Å². The van der Waals surface area contributed by atoms with Gasteiger partial charge in [0.05, 0.1) is 13.2 Å². The lowest BCUT2D eigenvalue weighted by Gasteiger charge is -2.06. The lowest BCUT2D eigenvalue weighted by molar-refractivity contribution is 0.0497. The third-order valence-electron chi connectivity index (χ3n) is 1.71. The third-order valence-corrected chi connectivity index (χ3v) is 1.71. The summed E-state index contributed by atoms with van der Waals surface area (Å²) >= 11 is 0. The average molecular weight is 219 g/mol. The van der Waals surface area contributed by atoms with Crippen LogP contribution in [0.4, 0.5) is 8.78 Å². The maximum absolute atomic E-state index is 12.2. The number of carbonyl (C=O) groups excluding carboxylic acids is 1. The van der Waals surface area contributed by atoms with Crippen LogP contribution in [0.5, 0.6) is 0 Å². The van der Waals surface area contributed by atoms with E-state index in [4.69, 9.17) is 0 Å². The largest absolute Gasteiger partial charge is 0.460 e. The molecule has 7 heteroatoms. The molecule has 0 aliphatic carbocycles. The van der Waals surface area contributed by atoms with Crippen molar-refractivity contribution in [3.8, 4) is 0 Å². The molecule has 0 fully saturated rings. The Morgan fingerprint density at radius 2 is 2.20 bits per heavy atom. The Morgan fingerprint density at radius 1 is 1.53 bits per heavy atom. The number of alkyl halides is 2. The van der Waals surface area contributed by atoms with Crippen molar-refractivity contribution in [1.82, 2.24) is 14.8 Å². The standard InChI is InChI=1S/C8H11F2N3O2/c1-3-15-8(14)7-12-11-5(2)13(7)4-6(9)10/h6H,3-4H2,1-2H3. The molecule has 0 aliphatic heterocycles. The topological polar surface area (TPSA) is 57.0 Å². The Morgan fingerprint density at radius 3 is 2.73 bits per heavy atom. The van der Waals surface area contributed by atoms with Gasteiger partial charge in [-0.1, -0.05) is 0 Å². The number of nitrogens with zero attached hydrogens (tertiary/aromatic N) is 3. The van der Waals surface area contributed by atoms with Gasteiger partial charge in [-0.2, -0.15) is 0 Å². The van der Waals surface area contributed by atoms with Crippen LogP contribution in [-0.4, -0.2) is 33.8 Å². The molecular formula is C8H11F2N3O2. The van der Waals surface area contributed by atoms with E-state index >= 15 is 0 Å². The summed E-state index contributed by atoms with van der Waals surface area (Å²) in [7, 11) is 0. The number of ether oxygens (including phenoxy) is 1. The first-order valence-electron chi connectivity index (χ1n) is 4.41. The highest BCUT2D eigenvalue weighted by Gasteiger charge is 2.20. The molecule has 0 bridgehead atoms. The molecule has 5 nitrogen and oxygen atoms in total. The fraction of sp³-hybridized carbons (Fsp3) is 0.625. The highest BCUT2D eigenvalue weighted by atomic mass is 19.3. The zero-order valence-electron chi connectivity index (χ0n) is 8.41. The smallest absolute Gasteiger partial charge is 0.376 e. The number of aryl methyl sites for hydroxylation is 1. The minimum atomic E-state index is -2.56. The van der Waals surface area contributed by atoms with E-state index in [2.05, 4.69) is 14.9 Å². The highest BCUT2D eigenvalue weighted by Crippen LogP contribution is 2.07. The Hall–Kier alpha value is -1.53. The Balaban J connectivity index is 2.92. The molecule has 0 aliphatic rings. The molecule has 15 heavy (non-hydrogen) atoms. The van der Waals surface area contributed by atoms with Crippen LogP contribution in [0.1, 0.15) is 23.4 Å². The van der Waals surface area contributed by atoms with Gasteiger partial charge in [-0.3, -0.25) is 4.57 Å². The molecule has 0 unspecified atom stereocenters. The van der Waals surface area contributed by atoms with Crippen LogP contribution in [-0.2, 0) is 11.3 Å². The fourth-order valence-corrected chi connectivity index (χ4v) is 1.08. The number of hydrogen-bond acceptors (Lipinski definition) is 4. The minimum absolute atomic E-state index is 0.166. The summed E-state index contributed by atoms with van der Waals surface area (Å²) in [4.78, 5) is 11.3. The van der Waals surface area contributed by atoms with Crippen LogP contribution in [0.3, 0.4) is 0 Å². The molecule has 0 aromatic carbocycles. The molecule has 0 N–H and O–H groups in total. The molecule has 1 heterocycles. The molecule has 0 atom stereocenters. The lowest BCUT2D eigenvalue weighted by atomic mass is 10.5. The van der Waals surface area contributed by atoms with Gasteiger partial charge >= 0.3 is 5.97 Å². The monoisotopic (exact) mass is 219 g/mol. The number of rotatable bonds is 4. The molecule has 84 valence electrons. The van der Waals surface area contributed by atoms with E-state index in [0.717, 1.165) is 4.57 Å². The molecular weight excluding hydrogens is 208 g/mol. The van der Waals surface area contributed by atoms with Crippen LogP contribution in [0.15, 0.2) is 0 Å². The Bertz CT molecular complexity index is 352. The van der Waals surface area contributed by atoms with Crippen molar-refractivity contribution < 1.29 is 18.3 Å². The molecule has 0 amide bonds. The zero-order valence-corrected chi connectivity index (χ0v) is 8.41. The van der Waals surface area contributed by atoms with Crippen molar-refractivity contribution in [2.45, 2.75) is 26.8 Å². The van der Waals surface area contributed by atoms with Crippen molar-refractivity contribution in [2.24, 2.45) is 0 Å². The van der Waals surface area contributed by atoms with E-state index < -0.39 is 18.9 Å². The maximum atomic E-state index is 12.2. The quantitative estimate of drug-likeness (QED) is 0.709. The van der Waals surface area contributed by atoms with Crippen molar-refractivity contribution in [3.63, 3.8) is 0 Å². The van der Waals surface area contributed by atoms with Gasteiger partial charge in [-0.05, 0) is 13.8 Å². The van der Waals surface area contributed by atoms with E-state index in [1.807, 2.05) is 0 Å². The first-order chi connectivity index (χ1) is 7.06. The first kappa shape index (κ1) is 11.5. The van der Waals surface area contributed by atoms with Gasteiger partial charge in [0.25, 0.3) is 6.43 Å². The molecule has 1 aromatic rings. The predicted molar refractivity (Wildman–Crippen MR) is 46.7 cm³/mol. The number of carbonyl (C=O) groups is 1. The van der Waals surface area contributed by atoms with Crippen LogP contribution in [0, 0.1) is 6.92 Å². The molecule has 0 radical (unpaired) electrons. The third kappa shape index (κ3) is 2.71. The summed E-state index contributed by atoms with van der Waals surface area (Å²) in [6, 6.07) is 0. The van der Waals surface area contributed by atoms with E-state index in [1.165, 1.54) is 6.92 Å². The summed E-state index contributed by atoms with van der Waals surface area (Å²) in [5.74, 6) is -0.660. The van der Waals surface area contributed by atoms with Crippen LogP contribution in [0.2, 0.25) is 0 Å². The number of esters is 1. The fourth-order valence-electron chi connectivity index (χ4n) is 1.08.